The average molecular weight is 194 g/mol. The van der Waals surface area contributed by atoms with Crippen LogP contribution < -0.4 is 10.6 Å². The molecule has 0 bridgehead atoms. The first-order valence-electron chi connectivity index (χ1n) is 4.68. The summed E-state index contributed by atoms with van der Waals surface area (Å²) >= 11 is 0. The monoisotopic (exact) mass is 194 g/mol. The van der Waals surface area contributed by atoms with Crippen LogP contribution in [0.2, 0.25) is 0 Å². The van der Waals surface area contributed by atoms with E-state index in [0.29, 0.717) is 6.54 Å². The molecular formula is C11H18N2O. The van der Waals surface area contributed by atoms with Gasteiger partial charge in [-0.25, -0.2) is 0 Å². The molecule has 1 aromatic carbocycles. The zero-order chi connectivity index (χ0) is 10.8. The van der Waals surface area contributed by atoms with Crippen molar-refractivity contribution in [3.8, 4) is 0 Å². The quantitative estimate of drug-likeness (QED) is 0.716. The number of hydrogen-bond acceptors (Lipinski definition) is 3. The van der Waals surface area contributed by atoms with Gasteiger partial charge in [-0.1, -0.05) is 12.1 Å². The van der Waals surface area contributed by atoms with Crippen molar-refractivity contribution in [1.82, 2.24) is 0 Å². The van der Waals surface area contributed by atoms with Crippen LogP contribution >= 0.6 is 0 Å². The summed E-state index contributed by atoms with van der Waals surface area (Å²) in [6.07, 6.45) is 0. The van der Waals surface area contributed by atoms with Gasteiger partial charge in [0, 0.05) is 13.6 Å². The number of benzene rings is 1. The lowest BCUT2D eigenvalue weighted by Crippen LogP contribution is -2.36. The fourth-order valence-corrected chi connectivity index (χ4v) is 1.50. The first kappa shape index (κ1) is 10.9. The highest BCUT2D eigenvalue weighted by molar-refractivity contribution is 5.66. The highest BCUT2D eigenvalue weighted by atomic mass is 16.3. The standard InChI is InChI=1S/C11H18N2O/c1-11(2,14)8-13(3)10-7-5-4-6-9(10)12/h4-7,14H,8,12H2,1-3H3. The van der Waals surface area contributed by atoms with E-state index in [9.17, 15) is 5.11 Å². The van der Waals surface area contributed by atoms with E-state index in [1.54, 1.807) is 13.8 Å². The predicted molar refractivity (Wildman–Crippen MR) is 60.4 cm³/mol. The lowest BCUT2D eigenvalue weighted by atomic mass is 10.1. The molecule has 0 atom stereocenters. The smallest absolute Gasteiger partial charge is 0.0765 e. The summed E-state index contributed by atoms with van der Waals surface area (Å²) in [4.78, 5) is 1.95. The normalized spacial score (nSPS) is 11.4. The van der Waals surface area contributed by atoms with Crippen molar-refractivity contribution < 1.29 is 5.11 Å². The van der Waals surface area contributed by atoms with E-state index in [-0.39, 0.29) is 0 Å². The summed E-state index contributed by atoms with van der Waals surface area (Å²) in [6.45, 7) is 4.12. The zero-order valence-electron chi connectivity index (χ0n) is 8.99. The van der Waals surface area contributed by atoms with Crippen molar-refractivity contribution in [2.45, 2.75) is 19.4 Å². The molecule has 0 fully saturated rings. The van der Waals surface area contributed by atoms with Gasteiger partial charge in [-0.2, -0.15) is 0 Å². The van der Waals surface area contributed by atoms with E-state index >= 15 is 0 Å². The topological polar surface area (TPSA) is 49.5 Å². The van der Waals surface area contributed by atoms with E-state index in [1.807, 2.05) is 36.2 Å². The molecule has 0 amide bonds. The molecule has 0 unspecified atom stereocenters. The minimum atomic E-state index is -0.711. The van der Waals surface area contributed by atoms with Gasteiger partial charge in [-0.15, -0.1) is 0 Å². The van der Waals surface area contributed by atoms with Crippen LogP contribution in [-0.2, 0) is 0 Å². The molecule has 78 valence electrons. The number of likely N-dealkylation sites (N-methyl/N-ethyl adjacent to an activating group) is 1. The summed E-state index contributed by atoms with van der Waals surface area (Å²) < 4.78 is 0. The Bertz CT molecular complexity index is 304. The minimum absolute atomic E-state index is 0.557. The third-order valence-corrected chi connectivity index (χ3v) is 1.97. The number of aliphatic hydroxyl groups is 1. The SMILES string of the molecule is CN(CC(C)(C)O)c1ccccc1N. The van der Waals surface area contributed by atoms with Crippen molar-refractivity contribution >= 4 is 11.4 Å². The van der Waals surface area contributed by atoms with Crippen LogP contribution in [0.25, 0.3) is 0 Å². The fourth-order valence-electron chi connectivity index (χ4n) is 1.50. The average Bonchev–Trinajstić information content (AvgIpc) is 2.01. The van der Waals surface area contributed by atoms with Gasteiger partial charge in [0.05, 0.1) is 17.0 Å². The van der Waals surface area contributed by atoms with Gasteiger partial charge >= 0.3 is 0 Å². The first-order chi connectivity index (χ1) is 6.40. The number of nitrogens with zero attached hydrogens (tertiary/aromatic N) is 1. The van der Waals surface area contributed by atoms with Gasteiger partial charge in [-0.3, -0.25) is 0 Å². The van der Waals surface area contributed by atoms with E-state index in [2.05, 4.69) is 0 Å². The Morgan fingerprint density at radius 3 is 2.43 bits per heavy atom. The Morgan fingerprint density at radius 1 is 1.36 bits per heavy atom. The number of anilines is 2. The third-order valence-electron chi connectivity index (χ3n) is 1.97. The molecule has 14 heavy (non-hydrogen) atoms. The summed E-state index contributed by atoms with van der Waals surface area (Å²) in [5.41, 5.74) is 6.79. The predicted octanol–water partition coefficient (Wildman–Crippen LogP) is 1.48. The Balaban J connectivity index is 2.80. The van der Waals surface area contributed by atoms with Gasteiger partial charge in [0.15, 0.2) is 0 Å². The molecule has 1 aromatic rings. The molecule has 1 rings (SSSR count). The Labute approximate surface area is 85.2 Å². The van der Waals surface area contributed by atoms with Gasteiger partial charge in [0.1, 0.15) is 0 Å². The van der Waals surface area contributed by atoms with Crippen molar-refractivity contribution in [3.63, 3.8) is 0 Å². The maximum Gasteiger partial charge on any atom is 0.0765 e. The molecule has 3 nitrogen and oxygen atoms in total. The molecule has 0 radical (unpaired) electrons. The maximum atomic E-state index is 9.66. The zero-order valence-corrected chi connectivity index (χ0v) is 8.99. The number of hydrogen-bond donors (Lipinski definition) is 2. The molecule has 0 aromatic heterocycles. The highest BCUT2D eigenvalue weighted by Gasteiger charge is 2.16. The molecule has 0 saturated carbocycles. The highest BCUT2D eigenvalue weighted by Crippen LogP contribution is 2.22. The van der Waals surface area contributed by atoms with Crippen LogP contribution in [0.15, 0.2) is 24.3 Å². The van der Waals surface area contributed by atoms with Crippen LogP contribution in [0.1, 0.15) is 13.8 Å². The van der Waals surface area contributed by atoms with Crippen LogP contribution in [0, 0.1) is 0 Å². The van der Waals surface area contributed by atoms with E-state index in [4.69, 9.17) is 5.73 Å². The Morgan fingerprint density at radius 2 is 1.93 bits per heavy atom. The van der Waals surface area contributed by atoms with E-state index in [1.165, 1.54) is 0 Å². The molecule has 0 spiro atoms. The Hall–Kier alpha value is -1.22. The molecule has 0 aliphatic carbocycles. The van der Waals surface area contributed by atoms with Crippen molar-refractivity contribution in [3.05, 3.63) is 24.3 Å². The van der Waals surface area contributed by atoms with Crippen LogP contribution in [0.3, 0.4) is 0 Å². The third kappa shape index (κ3) is 2.92. The summed E-state index contributed by atoms with van der Waals surface area (Å²) in [7, 11) is 1.92. The summed E-state index contributed by atoms with van der Waals surface area (Å²) in [5, 5.41) is 9.66. The largest absolute Gasteiger partial charge is 0.397 e. The van der Waals surface area contributed by atoms with Gasteiger partial charge in [0.25, 0.3) is 0 Å². The number of nitrogens with two attached hydrogens (primary N) is 1. The van der Waals surface area contributed by atoms with Gasteiger partial charge in [-0.05, 0) is 26.0 Å². The fraction of sp³-hybridized carbons (Fsp3) is 0.455. The van der Waals surface area contributed by atoms with Crippen molar-refractivity contribution in [2.75, 3.05) is 24.2 Å². The van der Waals surface area contributed by atoms with Crippen LogP contribution in [0.5, 0.6) is 0 Å². The second-order valence-corrected chi connectivity index (χ2v) is 4.23. The van der Waals surface area contributed by atoms with E-state index < -0.39 is 5.60 Å². The number of nitrogen functional groups attached to an aromatic ring is 1. The molecular weight excluding hydrogens is 176 g/mol. The lowest BCUT2D eigenvalue weighted by Gasteiger charge is -2.28. The van der Waals surface area contributed by atoms with Crippen LogP contribution in [0.4, 0.5) is 11.4 Å². The second kappa shape index (κ2) is 3.88. The first-order valence-corrected chi connectivity index (χ1v) is 4.68. The molecule has 0 heterocycles. The lowest BCUT2D eigenvalue weighted by molar-refractivity contribution is 0.0886. The second-order valence-electron chi connectivity index (χ2n) is 4.23. The number of rotatable bonds is 3. The summed E-state index contributed by atoms with van der Waals surface area (Å²) in [6, 6.07) is 7.64. The molecule has 0 aliphatic rings. The van der Waals surface area contributed by atoms with E-state index in [0.717, 1.165) is 11.4 Å². The molecule has 0 aliphatic heterocycles. The Kier molecular flexibility index (Phi) is 3.01. The van der Waals surface area contributed by atoms with Crippen molar-refractivity contribution in [2.24, 2.45) is 0 Å². The maximum absolute atomic E-state index is 9.66. The molecule has 3 N–H and O–H groups in total. The van der Waals surface area contributed by atoms with Gasteiger partial charge < -0.3 is 15.7 Å². The number of para-hydroxylation sites is 2. The minimum Gasteiger partial charge on any atom is -0.397 e. The van der Waals surface area contributed by atoms with Crippen LogP contribution in [-0.4, -0.2) is 24.3 Å². The molecule has 3 heteroatoms. The van der Waals surface area contributed by atoms with Gasteiger partial charge in [0.2, 0.25) is 0 Å². The van der Waals surface area contributed by atoms with Crippen molar-refractivity contribution in [1.29, 1.82) is 0 Å². The summed E-state index contributed by atoms with van der Waals surface area (Å²) in [5.74, 6) is 0. The molecule has 0 saturated heterocycles.